The van der Waals surface area contributed by atoms with Gasteiger partial charge in [-0.2, -0.15) is 0 Å². The number of aliphatic carboxylic acids is 1. The zero-order valence-corrected chi connectivity index (χ0v) is 11.1. The third-order valence-corrected chi connectivity index (χ3v) is 3.63. The average Bonchev–Trinajstić information content (AvgIpc) is 2.63. The van der Waals surface area contributed by atoms with Crippen molar-refractivity contribution < 1.29 is 14.7 Å². The minimum absolute atomic E-state index is 0.0280. The topological polar surface area (TPSA) is 66.4 Å². The lowest BCUT2D eigenvalue weighted by Crippen LogP contribution is -2.35. The number of carboxylic acid groups (broad SMARTS) is 1. The van der Waals surface area contributed by atoms with E-state index in [0.29, 0.717) is 9.21 Å². The van der Waals surface area contributed by atoms with Crippen molar-refractivity contribution in [3.05, 3.63) is 21.3 Å². The molecule has 0 aliphatic heterocycles. The summed E-state index contributed by atoms with van der Waals surface area (Å²) in [5.74, 6) is -1.78. The Balaban J connectivity index is 2.55. The summed E-state index contributed by atoms with van der Waals surface area (Å²) in [6.07, 6.45) is 0. The van der Waals surface area contributed by atoms with Gasteiger partial charge >= 0.3 is 5.97 Å². The highest BCUT2D eigenvalue weighted by Crippen LogP contribution is 2.21. The fourth-order valence-corrected chi connectivity index (χ4v) is 2.29. The minimum Gasteiger partial charge on any atom is -0.481 e. The molecule has 0 aliphatic carbocycles. The van der Waals surface area contributed by atoms with Crippen molar-refractivity contribution in [1.29, 1.82) is 0 Å². The molecule has 1 rings (SSSR count). The van der Waals surface area contributed by atoms with Gasteiger partial charge in [0.1, 0.15) is 0 Å². The van der Waals surface area contributed by atoms with Crippen LogP contribution in [-0.2, 0) is 4.79 Å². The summed E-state index contributed by atoms with van der Waals surface area (Å²) < 4.78 is 0.536. The minimum atomic E-state index is -0.899. The van der Waals surface area contributed by atoms with E-state index in [1.54, 1.807) is 12.1 Å². The zero-order chi connectivity index (χ0) is 13.0. The number of thiophene rings is 1. The molecule has 1 heterocycles. The van der Waals surface area contributed by atoms with E-state index < -0.39 is 11.9 Å². The van der Waals surface area contributed by atoms with Crippen LogP contribution in [0.2, 0.25) is 4.34 Å². The standard InChI is InChI=1S/C11H14ClNO3S/c1-6(2)7(11(15)16)5-13-10(14)8-3-4-9(12)17-8/h3-4,6-7H,5H2,1-2H3,(H,13,14)(H,15,16). The van der Waals surface area contributed by atoms with Gasteiger partial charge in [-0.15, -0.1) is 11.3 Å². The second-order valence-electron chi connectivity index (χ2n) is 4.00. The molecule has 1 unspecified atom stereocenters. The van der Waals surface area contributed by atoms with Crippen LogP contribution in [0.15, 0.2) is 12.1 Å². The third-order valence-electron chi connectivity index (χ3n) is 2.40. The highest BCUT2D eigenvalue weighted by molar-refractivity contribution is 7.17. The number of carbonyl (C=O) groups is 2. The van der Waals surface area contributed by atoms with Gasteiger partial charge in [-0.25, -0.2) is 0 Å². The van der Waals surface area contributed by atoms with Gasteiger partial charge in [0.15, 0.2) is 0 Å². The fourth-order valence-electron chi connectivity index (χ4n) is 1.33. The summed E-state index contributed by atoms with van der Waals surface area (Å²) in [4.78, 5) is 23.1. The zero-order valence-electron chi connectivity index (χ0n) is 9.57. The van der Waals surface area contributed by atoms with E-state index in [-0.39, 0.29) is 18.4 Å². The number of hydrogen-bond donors (Lipinski definition) is 2. The number of amides is 1. The van der Waals surface area contributed by atoms with Crippen molar-refractivity contribution in [2.75, 3.05) is 6.54 Å². The number of rotatable bonds is 5. The number of halogens is 1. The van der Waals surface area contributed by atoms with Crippen LogP contribution in [0, 0.1) is 11.8 Å². The molecular weight excluding hydrogens is 262 g/mol. The van der Waals surface area contributed by atoms with Crippen LogP contribution in [0.3, 0.4) is 0 Å². The lowest BCUT2D eigenvalue weighted by atomic mass is 9.96. The van der Waals surface area contributed by atoms with E-state index in [4.69, 9.17) is 16.7 Å². The maximum Gasteiger partial charge on any atom is 0.308 e. The molecule has 1 aromatic heterocycles. The predicted molar refractivity (Wildman–Crippen MR) is 67.6 cm³/mol. The molecule has 1 atom stereocenters. The van der Waals surface area contributed by atoms with Crippen molar-refractivity contribution in [3.63, 3.8) is 0 Å². The van der Waals surface area contributed by atoms with Gasteiger partial charge in [-0.05, 0) is 18.1 Å². The highest BCUT2D eigenvalue weighted by atomic mass is 35.5. The molecule has 0 aromatic carbocycles. The first kappa shape index (κ1) is 14.0. The van der Waals surface area contributed by atoms with Gasteiger partial charge in [-0.1, -0.05) is 25.4 Å². The van der Waals surface area contributed by atoms with Crippen LogP contribution in [-0.4, -0.2) is 23.5 Å². The molecular formula is C11H14ClNO3S. The van der Waals surface area contributed by atoms with E-state index in [1.165, 1.54) is 11.3 Å². The van der Waals surface area contributed by atoms with Crippen molar-refractivity contribution in [2.24, 2.45) is 11.8 Å². The quantitative estimate of drug-likeness (QED) is 0.868. The van der Waals surface area contributed by atoms with E-state index in [2.05, 4.69) is 5.32 Å². The summed E-state index contributed by atoms with van der Waals surface area (Å²) in [6, 6.07) is 3.26. The SMILES string of the molecule is CC(C)C(CNC(=O)c1ccc(Cl)s1)C(=O)O. The summed E-state index contributed by atoms with van der Waals surface area (Å²) in [6.45, 7) is 3.75. The first-order valence-corrected chi connectivity index (χ1v) is 6.37. The van der Waals surface area contributed by atoms with Crippen LogP contribution >= 0.6 is 22.9 Å². The van der Waals surface area contributed by atoms with Crippen molar-refractivity contribution in [2.45, 2.75) is 13.8 Å². The molecule has 0 radical (unpaired) electrons. The molecule has 1 aromatic rings. The van der Waals surface area contributed by atoms with Crippen molar-refractivity contribution in [3.8, 4) is 0 Å². The normalized spacial score (nSPS) is 12.5. The molecule has 6 heteroatoms. The molecule has 17 heavy (non-hydrogen) atoms. The first-order chi connectivity index (χ1) is 7.91. The Hall–Kier alpha value is -1.07. The highest BCUT2D eigenvalue weighted by Gasteiger charge is 2.22. The second-order valence-corrected chi connectivity index (χ2v) is 5.72. The van der Waals surface area contributed by atoms with E-state index >= 15 is 0 Å². The second kappa shape index (κ2) is 6.02. The monoisotopic (exact) mass is 275 g/mol. The Bertz CT molecular complexity index is 417. The molecule has 94 valence electrons. The Kier molecular flexibility index (Phi) is 4.96. The van der Waals surface area contributed by atoms with Gasteiger partial charge in [0.2, 0.25) is 0 Å². The van der Waals surface area contributed by atoms with Gasteiger partial charge in [0, 0.05) is 6.54 Å². The fraction of sp³-hybridized carbons (Fsp3) is 0.455. The van der Waals surface area contributed by atoms with Crippen molar-refractivity contribution in [1.82, 2.24) is 5.32 Å². The Morgan fingerprint density at radius 2 is 2.12 bits per heavy atom. The maximum absolute atomic E-state index is 11.7. The first-order valence-electron chi connectivity index (χ1n) is 5.18. The molecule has 0 bridgehead atoms. The molecule has 0 aliphatic rings. The molecule has 0 fully saturated rings. The van der Waals surface area contributed by atoms with Gasteiger partial charge in [0.25, 0.3) is 5.91 Å². The smallest absolute Gasteiger partial charge is 0.308 e. The number of carboxylic acids is 1. The Labute approximate surface area is 109 Å². The predicted octanol–water partition coefficient (Wildman–Crippen LogP) is 2.49. The summed E-state index contributed by atoms with van der Waals surface area (Å²) >= 11 is 6.88. The lowest BCUT2D eigenvalue weighted by Gasteiger charge is -2.16. The van der Waals surface area contributed by atoms with Gasteiger partial charge in [-0.3, -0.25) is 9.59 Å². The third kappa shape index (κ3) is 4.02. The summed E-state index contributed by atoms with van der Waals surface area (Å²) in [5, 5.41) is 11.6. The Morgan fingerprint density at radius 1 is 1.47 bits per heavy atom. The van der Waals surface area contributed by atoms with Gasteiger partial charge < -0.3 is 10.4 Å². The van der Waals surface area contributed by atoms with Crippen LogP contribution in [0.5, 0.6) is 0 Å². The van der Waals surface area contributed by atoms with Crippen LogP contribution < -0.4 is 5.32 Å². The molecule has 0 saturated heterocycles. The molecule has 0 saturated carbocycles. The van der Waals surface area contributed by atoms with Crippen LogP contribution in [0.1, 0.15) is 23.5 Å². The largest absolute Gasteiger partial charge is 0.481 e. The molecule has 0 spiro atoms. The number of carbonyl (C=O) groups excluding carboxylic acids is 1. The van der Waals surface area contributed by atoms with E-state index in [0.717, 1.165) is 0 Å². The molecule has 2 N–H and O–H groups in total. The van der Waals surface area contributed by atoms with E-state index in [9.17, 15) is 9.59 Å². The van der Waals surface area contributed by atoms with Crippen LogP contribution in [0.25, 0.3) is 0 Å². The van der Waals surface area contributed by atoms with Crippen molar-refractivity contribution >= 4 is 34.8 Å². The summed E-state index contributed by atoms with van der Waals surface area (Å²) in [7, 11) is 0. The average molecular weight is 276 g/mol. The van der Waals surface area contributed by atoms with Crippen LogP contribution in [0.4, 0.5) is 0 Å². The molecule has 1 amide bonds. The lowest BCUT2D eigenvalue weighted by molar-refractivity contribution is -0.142. The maximum atomic E-state index is 11.7. The molecule has 4 nitrogen and oxygen atoms in total. The Morgan fingerprint density at radius 3 is 2.53 bits per heavy atom. The number of nitrogens with one attached hydrogen (secondary N) is 1. The van der Waals surface area contributed by atoms with Gasteiger partial charge in [0.05, 0.1) is 15.1 Å². The van der Waals surface area contributed by atoms with E-state index in [1.807, 2.05) is 13.8 Å². The number of hydrogen-bond acceptors (Lipinski definition) is 3. The summed E-state index contributed by atoms with van der Waals surface area (Å²) in [5.41, 5.74) is 0.